The minimum Gasteiger partial charge on any atom is -0.325 e. The number of hydrogen-bond donors (Lipinski definition) is 2. The number of piperidine rings is 1. The Bertz CT molecular complexity index is 1270. The van der Waals surface area contributed by atoms with Crippen molar-refractivity contribution in [2.24, 2.45) is 11.8 Å². The zero-order chi connectivity index (χ0) is 26.3. The highest BCUT2D eigenvalue weighted by atomic mass is 32.2. The fourth-order valence-corrected chi connectivity index (χ4v) is 6.61. The zero-order valence-electron chi connectivity index (χ0n) is 20.9. The molecule has 4 rings (SSSR count). The summed E-state index contributed by atoms with van der Waals surface area (Å²) in [5.74, 6) is -0.500. The molecule has 2 aliphatic heterocycles. The van der Waals surface area contributed by atoms with Crippen LogP contribution in [-0.2, 0) is 25.2 Å². The number of carbonyl (C=O) groups excluding carboxylic acids is 3. The number of aryl methyl sites for hydroxylation is 1. The lowest BCUT2D eigenvalue weighted by Gasteiger charge is -2.34. The lowest BCUT2D eigenvalue weighted by molar-refractivity contribution is -0.133. The highest BCUT2D eigenvalue weighted by Crippen LogP contribution is 2.29. The monoisotopic (exact) mass is 512 g/mol. The van der Waals surface area contributed by atoms with E-state index in [-0.39, 0.29) is 4.90 Å². The molecule has 192 valence electrons. The molecule has 0 saturated carbocycles. The normalized spacial score (nSPS) is 25.1. The van der Waals surface area contributed by atoms with E-state index in [1.165, 1.54) is 28.6 Å². The number of rotatable bonds is 6. The molecule has 10 heteroatoms. The molecule has 36 heavy (non-hydrogen) atoms. The van der Waals surface area contributed by atoms with Crippen molar-refractivity contribution in [3.63, 3.8) is 0 Å². The molecule has 0 aliphatic carbocycles. The summed E-state index contributed by atoms with van der Waals surface area (Å²) < 4.78 is 27.6. The first-order valence-electron chi connectivity index (χ1n) is 12.0. The zero-order valence-corrected chi connectivity index (χ0v) is 21.8. The van der Waals surface area contributed by atoms with Crippen LogP contribution in [0.15, 0.2) is 53.4 Å². The molecule has 0 aromatic heterocycles. The third-order valence-electron chi connectivity index (χ3n) is 6.82. The Morgan fingerprint density at radius 3 is 2.19 bits per heavy atom. The molecule has 3 atom stereocenters. The fraction of sp³-hybridized carbons (Fsp3) is 0.423. The Hall–Kier alpha value is -3.24. The molecule has 2 heterocycles. The Balaban J connectivity index is 1.41. The molecule has 2 aromatic rings. The van der Waals surface area contributed by atoms with Crippen LogP contribution in [0.25, 0.3) is 0 Å². The van der Waals surface area contributed by atoms with Gasteiger partial charge in [0.2, 0.25) is 15.9 Å². The van der Waals surface area contributed by atoms with Gasteiger partial charge in [0.05, 0.1) is 4.90 Å². The Morgan fingerprint density at radius 1 is 1.03 bits per heavy atom. The van der Waals surface area contributed by atoms with E-state index >= 15 is 0 Å². The van der Waals surface area contributed by atoms with E-state index in [0.717, 1.165) is 16.9 Å². The first-order valence-corrected chi connectivity index (χ1v) is 13.5. The molecule has 0 unspecified atom stereocenters. The average molecular weight is 513 g/mol. The number of anilines is 1. The summed E-state index contributed by atoms with van der Waals surface area (Å²) in [5.41, 5.74) is 0.760. The second-order valence-corrected chi connectivity index (χ2v) is 12.1. The van der Waals surface area contributed by atoms with Gasteiger partial charge < -0.3 is 10.6 Å². The highest BCUT2D eigenvalue weighted by Gasteiger charge is 2.49. The highest BCUT2D eigenvalue weighted by molar-refractivity contribution is 7.89. The Labute approximate surface area is 211 Å². The molecule has 2 fully saturated rings. The summed E-state index contributed by atoms with van der Waals surface area (Å²) in [4.78, 5) is 39.3. The number of carbonyl (C=O) groups is 3. The molecule has 0 spiro atoms. The quantitative estimate of drug-likeness (QED) is 0.577. The van der Waals surface area contributed by atoms with Gasteiger partial charge in [-0.2, -0.15) is 4.31 Å². The minimum atomic E-state index is -3.63. The van der Waals surface area contributed by atoms with Crippen LogP contribution in [0.5, 0.6) is 0 Å². The number of imide groups is 1. The summed E-state index contributed by atoms with van der Waals surface area (Å²) in [6.07, 6.45) is 0.999. The van der Waals surface area contributed by atoms with E-state index in [2.05, 4.69) is 10.6 Å². The molecule has 4 amide bonds. The number of benzene rings is 2. The van der Waals surface area contributed by atoms with Crippen LogP contribution < -0.4 is 10.6 Å². The van der Waals surface area contributed by atoms with Gasteiger partial charge in [-0.15, -0.1) is 0 Å². The van der Waals surface area contributed by atoms with Crippen molar-refractivity contribution in [1.82, 2.24) is 14.5 Å². The standard InChI is InChI=1S/C26H32N4O5S/c1-17-5-7-20(8-6-17)26(4)24(32)30(25(33)28-26)16-23(31)27-21-9-11-22(12-10-21)36(34,35)29-14-18(2)13-19(3)15-29/h5-12,18-19H,13-16H2,1-4H3,(H,27,31)(H,28,33)/t18-,19-,26-/m1/s1. The lowest BCUT2D eigenvalue weighted by atomic mass is 9.91. The molecule has 2 saturated heterocycles. The van der Waals surface area contributed by atoms with Crippen molar-refractivity contribution in [3.8, 4) is 0 Å². The predicted molar refractivity (Wildman–Crippen MR) is 136 cm³/mol. The van der Waals surface area contributed by atoms with Gasteiger partial charge in [0.25, 0.3) is 5.91 Å². The van der Waals surface area contributed by atoms with Crippen LogP contribution in [0.2, 0.25) is 0 Å². The smallest absolute Gasteiger partial charge is 0.325 e. The largest absolute Gasteiger partial charge is 0.325 e. The molecule has 9 nitrogen and oxygen atoms in total. The van der Waals surface area contributed by atoms with Gasteiger partial charge in [0.15, 0.2) is 0 Å². The second-order valence-electron chi connectivity index (χ2n) is 10.2. The summed E-state index contributed by atoms with van der Waals surface area (Å²) in [6, 6.07) is 12.5. The molecular formula is C26H32N4O5S. The van der Waals surface area contributed by atoms with Crippen molar-refractivity contribution in [2.45, 2.75) is 44.6 Å². The number of sulfonamides is 1. The van der Waals surface area contributed by atoms with Crippen molar-refractivity contribution < 1.29 is 22.8 Å². The predicted octanol–water partition coefficient (Wildman–Crippen LogP) is 3.07. The first-order chi connectivity index (χ1) is 16.9. The van der Waals surface area contributed by atoms with E-state index in [1.54, 1.807) is 19.1 Å². The fourth-order valence-electron chi connectivity index (χ4n) is 4.93. The second kappa shape index (κ2) is 9.67. The number of hydrogen-bond acceptors (Lipinski definition) is 5. The van der Waals surface area contributed by atoms with E-state index < -0.39 is 40.0 Å². The van der Waals surface area contributed by atoms with Crippen molar-refractivity contribution in [1.29, 1.82) is 0 Å². The number of nitrogens with zero attached hydrogens (tertiary/aromatic N) is 2. The summed E-state index contributed by atoms with van der Waals surface area (Å²) in [7, 11) is -3.63. The molecule has 0 bridgehead atoms. The van der Waals surface area contributed by atoms with E-state index in [4.69, 9.17) is 0 Å². The van der Waals surface area contributed by atoms with Crippen LogP contribution in [0.4, 0.5) is 10.5 Å². The maximum Gasteiger partial charge on any atom is 0.325 e. The third kappa shape index (κ3) is 5.01. The van der Waals surface area contributed by atoms with Crippen LogP contribution in [0.1, 0.15) is 38.3 Å². The van der Waals surface area contributed by atoms with Gasteiger partial charge >= 0.3 is 6.03 Å². The topological polar surface area (TPSA) is 116 Å². The van der Waals surface area contributed by atoms with Crippen molar-refractivity contribution in [3.05, 3.63) is 59.7 Å². The van der Waals surface area contributed by atoms with Gasteiger partial charge in [-0.1, -0.05) is 43.7 Å². The van der Waals surface area contributed by atoms with E-state index in [0.29, 0.717) is 36.2 Å². The minimum absolute atomic E-state index is 0.157. The van der Waals surface area contributed by atoms with E-state index in [1.807, 2.05) is 32.9 Å². The van der Waals surface area contributed by atoms with Gasteiger partial charge in [-0.25, -0.2) is 13.2 Å². The Kier molecular flexibility index (Phi) is 6.94. The third-order valence-corrected chi connectivity index (χ3v) is 8.66. The number of nitrogens with one attached hydrogen (secondary N) is 2. The van der Waals surface area contributed by atoms with Gasteiger partial charge in [-0.3, -0.25) is 14.5 Å². The average Bonchev–Trinajstić information content (AvgIpc) is 3.03. The SMILES string of the molecule is Cc1ccc([C@@]2(C)NC(=O)N(CC(=O)Nc3ccc(S(=O)(=O)N4C[C@H](C)C[C@@H](C)C4)cc3)C2=O)cc1. The summed E-state index contributed by atoms with van der Waals surface area (Å²) >= 11 is 0. The molecule has 2 aromatic carbocycles. The van der Waals surface area contributed by atoms with Crippen LogP contribution in [0, 0.1) is 18.8 Å². The summed E-state index contributed by atoms with van der Waals surface area (Å²) in [5, 5.41) is 5.32. The maximum absolute atomic E-state index is 13.1. The molecular weight excluding hydrogens is 480 g/mol. The van der Waals surface area contributed by atoms with Crippen LogP contribution in [-0.4, -0.2) is 55.1 Å². The first kappa shape index (κ1) is 25.8. The van der Waals surface area contributed by atoms with E-state index in [9.17, 15) is 22.8 Å². The van der Waals surface area contributed by atoms with Gasteiger partial charge in [0, 0.05) is 18.8 Å². The van der Waals surface area contributed by atoms with Gasteiger partial charge in [-0.05, 0) is 61.9 Å². The van der Waals surface area contributed by atoms with Crippen molar-refractivity contribution in [2.75, 3.05) is 25.0 Å². The number of amides is 4. The molecule has 2 N–H and O–H groups in total. The number of urea groups is 1. The van der Waals surface area contributed by atoms with Crippen LogP contribution >= 0.6 is 0 Å². The maximum atomic E-state index is 13.1. The molecule has 0 radical (unpaired) electrons. The van der Waals surface area contributed by atoms with Gasteiger partial charge in [0.1, 0.15) is 12.1 Å². The Morgan fingerprint density at radius 2 is 1.61 bits per heavy atom. The molecule has 2 aliphatic rings. The summed E-state index contributed by atoms with van der Waals surface area (Å²) in [6.45, 7) is 8.14. The van der Waals surface area contributed by atoms with Crippen molar-refractivity contribution >= 4 is 33.6 Å². The lowest BCUT2D eigenvalue weighted by Crippen LogP contribution is -2.42. The van der Waals surface area contributed by atoms with Crippen LogP contribution in [0.3, 0.4) is 0 Å².